The number of carbonyl (C=O) groups is 1. The molecule has 0 amide bonds. The van der Waals surface area contributed by atoms with Crippen LogP contribution in [0.4, 0.5) is 13.2 Å². The van der Waals surface area contributed by atoms with Crippen molar-refractivity contribution in [3.8, 4) is 10.7 Å². The summed E-state index contributed by atoms with van der Waals surface area (Å²) in [6.07, 6.45) is -2.82. The zero-order chi connectivity index (χ0) is 12.5. The van der Waals surface area contributed by atoms with Crippen LogP contribution in [0.2, 0.25) is 0 Å². The molecule has 0 aliphatic heterocycles. The van der Waals surface area contributed by atoms with Gasteiger partial charge >= 0.3 is 6.18 Å². The van der Waals surface area contributed by atoms with Crippen LogP contribution in [0.15, 0.2) is 24.4 Å². The maximum atomic E-state index is 12.4. The van der Waals surface area contributed by atoms with Crippen molar-refractivity contribution in [3.63, 3.8) is 0 Å². The molecule has 0 aliphatic carbocycles. The molecule has 0 saturated heterocycles. The van der Waals surface area contributed by atoms with Crippen molar-refractivity contribution in [2.24, 2.45) is 0 Å². The Morgan fingerprint density at radius 3 is 2.59 bits per heavy atom. The second kappa shape index (κ2) is 4.25. The molecule has 0 N–H and O–H groups in total. The summed E-state index contributed by atoms with van der Waals surface area (Å²) in [5, 5.41) is 0. The van der Waals surface area contributed by atoms with Gasteiger partial charge in [-0.3, -0.25) is 4.79 Å². The van der Waals surface area contributed by atoms with E-state index >= 15 is 0 Å². The maximum Gasteiger partial charge on any atom is 0.433 e. The molecule has 0 spiro atoms. The number of halogens is 3. The van der Waals surface area contributed by atoms with Crippen LogP contribution in [0, 0.1) is 0 Å². The number of aldehydes is 1. The van der Waals surface area contributed by atoms with Crippen LogP contribution >= 0.6 is 11.3 Å². The van der Waals surface area contributed by atoms with E-state index in [2.05, 4.69) is 9.97 Å². The van der Waals surface area contributed by atoms with Gasteiger partial charge in [0.05, 0.1) is 9.75 Å². The quantitative estimate of drug-likeness (QED) is 0.777. The van der Waals surface area contributed by atoms with E-state index in [0.717, 1.165) is 23.6 Å². The fourth-order valence-corrected chi connectivity index (χ4v) is 1.94. The van der Waals surface area contributed by atoms with Crippen LogP contribution in [-0.2, 0) is 6.18 Å². The van der Waals surface area contributed by atoms with Crippen LogP contribution in [0.3, 0.4) is 0 Å². The van der Waals surface area contributed by atoms with Crippen molar-refractivity contribution in [1.82, 2.24) is 9.97 Å². The summed E-state index contributed by atoms with van der Waals surface area (Å²) in [5.74, 6) is -0.0297. The molecule has 2 aromatic heterocycles. The fourth-order valence-electron chi connectivity index (χ4n) is 1.17. The smallest absolute Gasteiger partial charge is 0.297 e. The molecule has 3 nitrogen and oxygen atoms in total. The average molecular weight is 258 g/mol. The highest BCUT2D eigenvalue weighted by atomic mass is 32.1. The lowest BCUT2D eigenvalue weighted by Gasteiger charge is -2.05. The first-order valence-corrected chi connectivity index (χ1v) is 5.28. The third-order valence-corrected chi connectivity index (χ3v) is 2.92. The van der Waals surface area contributed by atoms with Crippen LogP contribution in [0.25, 0.3) is 10.7 Å². The predicted molar refractivity (Wildman–Crippen MR) is 55.7 cm³/mol. The highest BCUT2D eigenvalue weighted by molar-refractivity contribution is 7.16. The standard InChI is InChI=1S/C10H5F3N2OS/c11-10(12,13)8-3-4-14-9(15-8)7-2-1-6(5-16)17-7/h1-5H. The second-order valence-corrected chi connectivity index (χ2v) is 4.20. The van der Waals surface area contributed by atoms with Gasteiger partial charge in [-0.05, 0) is 18.2 Å². The van der Waals surface area contributed by atoms with E-state index in [1.807, 2.05) is 0 Å². The van der Waals surface area contributed by atoms with Crippen LogP contribution in [-0.4, -0.2) is 16.3 Å². The summed E-state index contributed by atoms with van der Waals surface area (Å²) in [7, 11) is 0. The lowest BCUT2D eigenvalue weighted by Crippen LogP contribution is -2.08. The van der Waals surface area contributed by atoms with Crippen molar-refractivity contribution in [2.45, 2.75) is 6.18 Å². The first kappa shape index (κ1) is 11.7. The third kappa shape index (κ3) is 2.50. The van der Waals surface area contributed by atoms with Crippen molar-refractivity contribution in [1.29, 1.82) is 0 Å². The molecule has 2 rings (SSSR count). The van der Waals surface area contributed by atoms with Crippen LogP contribution in [0.1, 0.15) is 15.4 Å². The van der Waals surface area contributed by atoms with Gasteiger partial charge in [-0.1, -0.05) is 0 Å². The van der Waals surface area contributed by atoms with Crippen molar-refractivity contribution in [3.05, 3.63) is 35.0 Å². The van der Waals surface area contributed by atoms with Gasteiger partial charge in [0.15, 0.2) is 12.1 Å². The molecule has 0 fully saturated rings. The monoisotopic (exact) mass is 258 g/mol. The summed E-state index contributed by atoms with van der Waals surface area (Å²) < 4.78 is 37.2. The topological polar surface area (TPSA) is 42.9 Å². The molecule has 2 heterocycles. The zero-order valence-corrected chi connectivity index (χ0v) is 9.05. The Morgan fingerprint density at radius 2 is 2.00 bits per heavy atom. The lowest BCUT2D eigenvalue weighted by molar-refractivity contribution is -0.141. The van der Waals surface area contributed by atoms with Crippen molar-refractivity contribution < 1.29 is 18.0 Å². The molecule has 0 unspecified atom stereocenters. The van der Waals surface area contributed by atoms with Crippen molar-refractivity contribution >= 4 is 17.6 Å². The van der Waals surface area contributed by atoms with Gasteiger partial charge in [-0.2, -0.15) is 13.2 Å². The van der Waals surface area contributed by atoms with E-state index in [1.54, 1.807) is 0 Å². The molecule has 0 aromatic carbocycles. The van der Waals surface area contributed by atoms with E-state index < -0.39 is 11.9 Å². The third-order valence-electron chi connectivity index (χ3n) is 1.91. The number of hydrogen-bond donors (Lipinski definition) is 0. The number of thiophene rings is 1. The Bertz CT molecular complexity index is 550. The minimum absolute atomic E-state index is 0.0297. The van der Waals surface area contributed by atoms with Crippen molar-refractivity contribution in [2.75, 3.05) is 0 Å². The number of hydrogen-bond acceptors (Lipinski definition) is 4. The summed E-state index contributed by atoms with van der Waals surface area (Å²) in [4.78, 5) is 18.5. The predicted octanol–water partition coefficient (Wildman–Crippen LogP) is 3.04. The van der Waals surface area contributed by atoms with E-state index in [4.69, 9.17) is 0 Å². The largest absolute Gasteiger partial charge is 0.433 e. The molecule has 0 saturated carbocycles. The Labute approximate surface area is 98.0 Å². The Balaban J connectivity index is 2.42. The molecule has 88 valence electrons. The SMILES string of the molecule is O=Cc1ccc(-c2nccc(C(F)(F)F)n2)s1. The Kier molecular flexibility index (Phi) is 2.93. The summed E-state index contributed by atoms with van der Waals surface area (Å²) in [6.45, 7) is 0. The van der Waals surface area contributed by atoms with Crippen LogP contribution < -0.4 is 0 Å². The molecule has 17 heavy (non-hydrogen) atoms. The first-order valence-electron chi connectivity index (χ1n) is 4.46. The van der Waals surface area contributed by atoms with Crippen LogP contribution in [0.5, 0.6) is 0 Å². The Morgan fingerprint density at radius 1 is 1.24 bits per heavy atom. The number of nitrogens with zero attached hydrogens (tertiary/aromatic N) is 2. The molecular formula is C10H5F3N2OS. The number of rotatable bonds is 2. The lowest BCUT2D eigenvalue weighted by atomic mass is 10.3. The normalized spacial score (nSPS) is 11.5. The van der Waals surface area contributed by atoms with E-state index in [9.17, 15) is 18.0 Å². The highest BCUT2D eigenvalue weighted by Gasteiger charge is 2.32. The maximum absolute atomic E-state index is 12.4. The molecule has 0 radical (unpaired) electrons. The van der Waals surface area contributed by atoms with E-state index in [0.29, 0.717) is 16.0 Å². The molecule has 2 aromatic rings. The number of carbonyl (C=O) groups excluding carboxylic acids is 1. The zero-order valence-electron chi connectivity index (χ0n) is 8.23. The van der Waals surface area contributed by atoms with Gasteiger partial charge in [0, 0.05) is 6.20 Å². The minimum Gasteiger partial charge on any atom is -0.297 e. The second-order valence-electron chi connectivity index (χ2n) is 3.08. The van der Waals surface area contributed by atoms with E-state index in [-0.39, 0.29) is 5.82 Å². The summed E-state index contributed by atoms with van der Waals surface area (Å²) in [5.41, 5.74) is -0.997. The Hall–Kier alpha value is -1.76. The first-order chi connectivity index (χ1) is 8.00. The molecule has 0 bridgehead atoms. The fraction of sp³-hybridized carbons (Fsp3) is 0.100. The van der Waals surface area contributed by atoms with Gasteiger partial charge < -0.3 is 0 Å². The molecule has 7 heteroatoms. The molecule has 0 aliphatic rings. The van der Waals surface area contributed by atoms with Gasteiger partial charge in [0.2, 0.25) is 0 Å². The average Bonchev–Trinajstić information content (AvgIpc) is 2.76. The van der Waals surface area contributed by atoms with Gasteiger partial charge in [0.25, 0.3) is 0 Å². The minimum atomic E-state index is -4.50. The molecule has 0 atom stereocenters. The highest BCUT2D eigenvalue weighted by Crippen LogP contribution is 2.30. The molecular weight excluding hydrogens is 253 g/mol. The number of aromatic nitrogens is 2. The van der Waals surface area contributed by atoms with Gasteiger partial charge in [0.1, 0.15) is 5.69 Å². The summed E-state index contributed by atoms with van der Waals surface area (Å²) >= 11 is 1.04. The van der Waals surface area contributed by atoms with Gasteiger partial charge in [-0.25, -0.2) is 9.97 Å². The van der Waals surface area contributed by atoms with E-state index in [1.165, 1.54) is 12.1 Å². The number of alkyl halides is 3. The summed E-state index contributed by atoms with van der Waals surface area (Å²) in [6, 6.07) is 3.83. The van der Waals surface area contributed by atoms with Gasteiger partial charge in [-0.15, -0.1) is 11.3 Å².